The average Bonchev–Trinajstić information content (AvgIpc) is 2.29. The minimum absolute atomic E-state index is 0.830. The number of benzene rings is 1. The van der Waals surface area contributed by atoms with Crippen molar-refractivity contribution in [2.24, 2.45) is 0 Å². The van der Waals surface area contributed by atoms with E-state index in [4.69, 9.17) is 10.5 Å². The van der Waals surface area contributed by atoms with E-state index >= 15 is 0 Å². The maximum absolute atomic E-state index is 5.93. The molecule has 1 aromatic carbocycles. The Bertz CT molecular complexity index is 331. The quantitative estimate of drug-likeness (QED) is 0.773. The molecular formula is C12H20N2OS. The van der Waals surface area contributed by atoms with Crippen LogP contribution in [-0.4, -0.2) is 37.6 Å². The lowest BCUT2D eigenvalue weighted by atomic mass is 10.1. The Hall–Kier alpha value is -0.870. The smallest absolute Gasteiger partial charge is 0.119 e. The Balaban J connectivity index is 2.64. The van der Waals surface area contributed by atoms with Gasteiger partial charge in [0.25, 0.3) is 0 Å². The molecular weight excluding hydrogens is 220 g/mol. The molecule has 16 heavy (non-hydrogen) atoms. The van der Waals surface area contributed by atoms with E-state index in [0.29, 0.717) is 0 Å². The number of hydrogen-bond donors (Lipinski definition) is 1. The van der Waals surface area contributed by atoms with Crippen LogP contribution in [0.25, 0.3) is 0 Å². The molecule has 4 heteroatoms. The van der Waals surface area contributed by atoms with Crippen LogP contribution < -0.4 is 10.5 Å². The molecule has 1 rings (SSSR count). The molecule has 0 aliphatic carbocycles. The number of anilines is 1. The van der Waals surface area contributed by atoms with E-state index < -0.39 is 0 Å². The van der Waals surface area contributed by atoms with Gasteiger partial charge in [-0.3, -0.25) is 0 Å². The van der Waals surface area contributed by atoms with Gasteiger partial charge in [0, 0.05) is 24.5 Å². The van der Waals surface area contributed by atoms with Crippen LogP contribution >= 0.6 is 11.8 Å². The highest BCUT2D eigenvalue weighted by Crippen LogP contribution is 2.20. The molecule has 0 amide bonds. The highest BCUT2D eigenvalue weighted by atomic mass is 32.2. The van der Waals surface area contributed by atoms with E-state index in [0.717, 1.165) is 35.8 Å². The van der Waals surface area contributed by atoms with E-state index in [1.54, 1.807) is 7.11 Å². The van der Waals surface area contributed by atoms with Gasteiger partial charge in [0.1, 0.15) is 5.75 Å². The first-order chi connectivity index (χ1) is 7.67. The summed E-state index contributed by atoms with van der Waals surface area (Å²) in [6.07, 6.45) is 2.12. The van der Waals surface area contributed by atoms with Crippen LogP contribution in [0.4, 0.5) is 5.69 Å². The summed E-state index contributed by atoms with van der Waals surface area (Å²) in [5.41, 5.74) is 7.89. The Morgan fingerprint density at radius 1 is 1.44 bits per heavy atom. The molecule has 0 unspecified atom stereocenters. The molecule has 0 aromatic heterocycles. The van der Waals surface area contributed by atoms with E-state index in [-0.39, 0.29) is 0 Å². The van der Waals surface area contributed by atoms with Crippen molar-refractivity contribution in [1.82, 2.24) is 4.90 Å². The molecule has 0 atom stereocenters. The van der Waals surface area contributed by atoms with Crippen LogP contribution in [-0.2, 0) is 6.54 Å². The van der Waals surface area contributed by atoms with Gasteiger partial charge in [-0.15, -0.1) is 0 Å². The first-order valence-corrected chi connectivity index (χ1v) is 6.66. The number of nitrogens with two attached hydrogens (primary N) is 1. The minimum Gasteiger partial charge on any atom is -0.497 e. The third-order valence-corrected chi connectivity index (χ3v) is 3.06. The minimum atomic E-state index is 0.830. The van der Waals surface area contributed by atoms with Crippen LogP contribution in [0, 0.1) is 0 Å². The van der Waals surface area contributed by atoms with Crippen LogP contribution in [0.3, 0.4) is 0 Å². The van der Waals surface area contributed by atoms with E-state index in [9.17, 15) is 0 Å². The SMILES string of the molecule is COc1ccc(N)c(CN(C)CCSC)c1. The maximum atomic E-state index is 5.93. The van der Waals surface area contributed by atoms with Crippen LogP contribution in [0.1, 0.15) is 5.56 Å². The summed E-state index contributed by atoms with van der Waals surface area (Å²) < 4.78 is 5.19. The van der Waals surface area contributed by atoms with E-state index in [2.05, 4.69) is 18.2 Å². The van der Waals surface area contributed by atoms with E-state index in [1.807, 2.05) is 30.0 Å². The third kappa shape index (κ3) is 3.94. The van der Waals surface area contributed by atoms with Gasteiger partial charge in [0.2, 0.25) is 0 Å². The van der Waals surface area contributed by atoms with Gasteiger partial charge in [-0.05, 0) is 37.1 Å². The lowest BCUT2D eigenvalue weighted by molar-refractivity contribution is 0.348. The molecule has 0 radical (unpaired) electrons. The molecule has 0 heterocycles. The number of ether oxygens (including phenoxy) is 1. The second-order valence-electron chi connectivity index (χ2n) is 3.80. The van der Waals surface area contributed by atoms with Gasteiger partial charge in [-0.2, -0.15) is 11.8 Å². The second-order valence-corrected chi connectivity index (χ2v) is 4.78. The van der Waals surface area contributed by atoms with Crippen molar-refractivity contribution >= 4 is 17.4 Å². The van der Waals surface area contributed by atoms with Crippen molar-refractivity contribution in [1.29, 1.82) is 0 Å². The lowest BCUT2D eigenvalue weighted by Gasteiger charge is -2.17. The van der Waals surface area contributed by atoms with Crippen molar-refractivity contribution in [3.8, 4) is 5.75 Å². The fourth-order valence-electron chi connectivity index (χ4n) is 1.46. The van der Waals surface area contributed by atoms with Crippen molar-refractivity contribution in [2.45, 2.75) is 6.54 Å². The third-order valence-electron chi connectivity index (χ3n) is 2.47. The second kappa shape index (κ2) is 6.66. The molecule has 0 fully saturated rings. The van der Waals surface area contributed by atoms with Crippen molar-refractivity contribution in [2.75, 3.05) is 38.4 Å². The average molecular weight is 240 g/mol. The maximum Gasteiger partial charge on any atom is 0.119 e. The topological polar surface area (TPSA) is 38.5 Å². The highest BCUT2D eigenvalue weighted by Gasteiger charge is 2.05. The fraction of sp³-hybridized carbons (Fsp3) is 0.500. The first kappa shape index (κ1) is 13.2. The predicted molar refractivity (Wildman–Crippen MR) is 72.1 cm³/mol. The van der Waals surface area contributed by atoms with Gasteiger partial charge < -0.3 is 15.4 Å². The number of nitrogens with zero attached hydrogens (tertiary/aromatic N) is 1. The summed E-state index contributed by atoms with van der Waals surface area (Å²) in [6, 6.07) is 5.79. The largest absolute Gasteiger partial charge is 0.497 e. The number of hydrogen-bond acceptors (Lipinski definition) is 4. The molecule has 0 bridgehead atoms. The zero-order valence-electron chi connectivity index (χ0n) is 10.2. The lowest BCUT2D eigenvalue weighted by Crippen LogP contribution is -2.21. The van der Waals surface area contributed by atoms with Crippen LogP contribution in [0.5, 0.6) is 5.75 Å². The molecule has 0 saturated heterocycles. The van der Waals surface area contributed by atoms with Gasteiger partial charge in [0.05, 0.1) is 7.11 Å². The Morgan fingerprint density at radius 3 is 2.81 bits per heavy atom. The first-order valence-electron chi connectivity index (χ1n) is 5.27. The summed E-state index contributed by atoms with van der Waals surface area (Å²) in [4.78, 5) is 2.27. The fourth-order valence-corrected chi connectivity index (χ4v) is 1.96. The standard InChI is InChI=1S/C12H20N2OS/c1-14(6-7-16-3)9-10-8-11(15-2)4-5-12(10)13/h4-5,8H,6-7,9,13H2,1-3H3. The Morgan fingerprint density at radius 2 is 2.19 bits per heavy atom. The summed E-state index contributed by atoms with van der Waals surface area (Å²) in [7, 11) is 3.78. The summed E-state index contributed by atoms with van der Waals surface area (Å²) in [5, 5.41) is 0. The van der Waals surface area contributed by atoms with Crippen molar-refractivity contribution in [3.05, 3.63) is 23.8 Å². The van der Waals surface area contributed by atoms with Crippen LogP contribution in [0.15, 0.2) is 18.2 Å². The van der Waals surface area contributed by atoms with Crippen molar-refractivity contribution < 1.29 is 4.74 Å². The predicted octanol–water partition coefficient (Wildman–Crippen LogP) is 2.07. The summed E-state index contributed by atoms with van der Waals surface area (Å²) >= 11 is 1.85. The summed E-state index contributed by atoms with van der Waals surface area (Å²) in [6.45, 7) is 1.93. The number of thioether (sulfide) groups is 1. The molecule has 90 valence electrons. The number of methoxy groups -OCH3 is 1. The molecule has 1 aromatic rings. The molecule has 0 spiro atoms. The molecule has 3 nitrogen and oxygen atoms in total. The molecule has 0 saturated carbocycles. The number of rotatable bonds is 6. The Kier molecular flexibility index (Phi) is 5.49. The van der Waals surface area contributed by atoms with Gasteiger partial charge in [-0.25, -0.2) is 0 Å². The monoisotopic (exact) mass is 240 g/mol. The zero-order valence-corrected chi connectivity index (χ0v) is 11.0. The normalized spacial score (nSPS) is 10.8. The van der Waals surface area contributed by atoms with Gasteiger partial charge in [0.15, 0.2) is 0 Å². The Labute approximate surface area is 102 Å². The van der Waals surface area contributed by atoms with E-state index in [1.165, 1.54) is 0 Å². The highest BCUT2D eigenvalue weighted by molar-refractivity contribution is 7.98. The molecule has 0 aliphatic heterocycles. The number of nitrogen functional groups attached to an aromatic ring is 1. The summed E-state index contributed by atoms with van der Waals surface area (Å²) in [5.74, 6) is 2.00. The molecule has 0 aliphatic rings. The zero-order chi connectivity index (χ0) is 12.0. The van der Waals surface area contributed by atoms with Crippen molar-refractivity contribution in [3.63, 3.8) is 0 Å². The van der Waals surface area contributed by atoms with Crippen LogP contribution in [0.2, 0.25) is 0 Å². The van der Waals surface area contributed by atoms with Gasteiger partial charge in [-0.1, -0.05) is 0 Å². The molecule has 2 N–H and O–H groups in total. The van der Waals surface area contributed by atoms with Gasteiger partial charge >= 0.3 is 0 Å².